The summed E-state index contributed by atoms with van der Waals surface area (Å²) in [4.78, 5) is 0. The Hall–Kier alpha value is -0.990. The minimum Gasteiger partial charge on any atom is -0.368 e. The van der Waals surface area contributed by atoms with Crippen molar-refractivity contribution in [1.82, 2.24) is 9.78 Å². The molecule has 0 amide bonds. The van der Waals surface area contributed by atoms with Crippen LogP contribution in [0.15, 0.2) is 6.07 Å². The number of anilines is 1. The van der Waals surface area contributed by atoms with Crippen molar-refractivity contribution in [2.75, 3.05) is 5.32 Å². The topological polar surface area (TPSA) is 29.9 Å². The second-order valence-electron chi connectivity index (χ2n) is 3.21. The average Bonchev–Trinajstić information content (AvgIpc) is 2.64. The fraction of sp³-hybridized carbons (Fsp3) is 0.625. The van der Waals surface area contributed by atoms with Gasteiger partial charge in [-0.25, -0.2) is 0 Å². The lowest BCUT2D eigenvalue weighted by Gasteiger charge is -2.02. The Labute approximate surface area is 66.4 Å². The van der Waals surface area contributed by atoms with E-state index in [1.54, 1.807) is 0 Å². The molecule has 0 radical (unpaired) electrons. The van der Waals surface area contributed by atoms with Gasteiger partial charge in [-0.2, -0.15) is 5.10 Å². The van der Waals surface area contributed by atoms with Crippen LogP contribution in [-0.2, 0) is 7.05 Å². The number of hydrogen-bond donors (Lipinski definition) is 1. The number of nitrogens with zero attached hydrogens (tertiary/aromatic N) is 2. The number of hydrogen-bond acceptors (Lipinski definition) is 2. The Morgan fingerprint density at radius 1 is 1.64 bits per heavy atom. The Kier molecular flexibility index (Phi) is 1.37. The molecule has 0 unspecified atom stereocenters. The molecule has 3 heteroatoms. The molecule has 60 valence electrons. The van der Waals surface area contributed by atoms with Crippen molar-refractivity contribution in [2.45, 2.75) is 25.8 Å². The minimum atomic E-state index is 0.713. The van der Waals surface area contributed by atoms with E-state index in [0.717, 1.165) is 11.5 Å². The van der Waals surface area contributed by atoms with Crippen LogP contribution in [0.2, 0.25) is 0 Å². The largest absolute Gasteiger partial charge is 0.368 e. The maximum atomic E-state index is 4.25. The fourth-order valence-corrected chi connectivity index (χ4v) is 1.18. The molecule has 0 aliphatic heterocycles. The van der Waals surface area contributed by atoms with E-state index in [1.165, 1.54) is 12.8 Å². The zero-order valence-corrected chi connectivity index (χ0v) is 6.96. The molecule has 1 fully saturated rings. The van der Waals surface area contributed by atoms with Crippen molar-refractivity contribution < 1.29 is 0 Å². The van der Waals surface area contributed by atoms with E-state index in [4.69, 9.17) is 0 Å². The van der Waals surface area contributed by atoms with Crippen molar-refractivity contribution in [2.24, 2.45) is 7.05 Å². The van der Waals surface area contributed by atoms with Gasteiger partial charge in [0.2, 0.25) is 0 Å². The maximum Gasteiger partial charge on any atom is 0.124 e. The smallest absolute Gasteiger partial charge is 0.124 e. The first kappa shape index (κ1) is 6.70. The third-order valence-corrected chi connectivity index (χ3v) is 1.93. The van der Waals surface area contributed by atoms with Crippen molar-refractivity contribution in [3.8, 4) is 0 Å². The molecule has 3 nitrogen and oxygen atoms in total. The minimum absolute atomic E-state index is 0.713. The second kappa shape index (κ2) is 2.26. The highest BCUT2D eigenvalue weighted by Crippen LogP contribution is 2.24. The highest BCUT2D eigenvalue weighted by atomic mass is 15.3. The SMILES string of the molecule is Cc1cc(NC2CC2)n(C)n1. The Balaban J connectivity index is 2.14. The Morgan fingerprint density at radius 3 is 2.82 bits per heavy atom. The molecular weight excluding hydrogens is 138 g/mol. The molecule has 0 bridgehead atoms. The highest BCUT2D eigenvalue weighted by molar-refractivity contribution is 5.38. The molecule has 2 rings (SSSR count). The molecule has 0 aromatic carbocycles. The van der Waals surface area contributed by atoms with Crippen molar-refractivity contribution >= 4 is 5.82 Å². The van der Waals surface area contributed by atoms with Gasteiger partial charge >= 0.3 is 0 Å². The third kappa shape index (κ3) is 1.37. The van der Waals surface area contributed by atoms with Crippen LogP contribution in [0, 0.1) is 6.92 Å². The van der Waals surface area contributed by atoms with E-state index in [0.29, 0.717) is 6.04 Å². The van der Waals surface area contributed by atoms with Crippen LogP contribution >= 0.6 is 0 Å². The molecular formula is C8H13N3. The summed E-state index contributed by atoms with van der Waals surface area (Å²) in [7, 11) is 1.97. The average molecular weight is 151 g/mol. The fourth-order valence-electron chi connectivity index (χ4n) is 1.18. The molecule has 0 atom stereocenters. The van der Waals surface area contributed by atoms with Gasteiger partial charge < -0.3 is 5.32 Å². The summed E-state index contributed by atoms with van der Waals surface area (Å²) < 4.78 is 1.90. The monoisotopic (exact) mass is 151 g/mol. The van der Waals surface area contributed by atoms with Crippen LogP contribution in [0.5, 0.6) is 0 Å². The van der Waals surface area contributed by atoms with Crippen LogP contribution in [0.4, 0.5) is 5.82 Å². The lowest BCUT2D eigenvalue weighted by molar-refractivity contribution is 0.757. The van der Waals surface area contributed by atoms with Crippen LogP contribution in [0.25, 0.3) is 0 Å². The predicted octanol–water partition coefficient (Wildman–Crippen LogP) is 1.30. The van der Waals surface area contributed by atoms with Crippen molar-refractivity contribution in [3.63, 3.8) is 0 Å². The standard InChI is InChI=1S/C8H13N3/c1-6-5-8(11(2)10-6)9-7-3-4-7/h5,7,9H,3-4H2,1-2H3. The molecule has 11 heavy (non-hydrogen) atoms. The van der Waals surface area contributed by atoms with Gasteiger partial charge in [0.1, 0.15) is 5.82 Å². The molecule has 0 saturated heterocycles. The Morgan fingerprint density at radius 2 is 2.36 bits per heavy atom. The zero-order valence-electron chi connectivity index (χ0n) is 6.96. The van der Waals surface area contributed by atoms with Gasteiger partial charge in [0.05, 0.1) is 5.69 Å². The summed E-state index contributed by atoms with van der Waals surface area (Å²) in [5.41, 5.74) is 1.08. The van der Waals surface area contributed by atoms with Gasteiger partial charge in [0.15, 0.2) is 0 Å². The second-order valence-corrected chi connectivity index (χ2v) is 3.21. The lowest BCUT2D eigenvalue weighted by atomic mass is 10.4. The summed E-state index contributed by atoms with van der Waals surface area (Å²) in [6.07, 6.45) is 2.62. The summed E-state index contributed by atoms with van der Waals surface area (Å²) in [6.45, 7) is 2.01. The maximum absolute atomic E-state index is 4.25. The molecule has 1 saturated carbocycles. The van der Waals surface area contributed by atoms with Gasteiger partial charge in [0.25, 0.3) is 0 Å². The summed E-state index contributed by atoms with van der Waals surface area (Å²) >= 11 is 0. The Bertz CT molecular complexity index is 260. The van der Waals surface area contributed by atoms with Gasteiger partial charge in [-0.15, -0.1) is 0 Å². The zero-order chi connectivity index (χ0) is 7.84. The molecule has 1 N–H and O–H groups in total. The quantitative estimate of drug-likeness (QED) is 0.690. The number of rotatable bonds is 2. The number of aryl methyl sites for hydroxylation is 2. The van der Waals surface area contributed by atoms with E-state index >= 15 is 0 Å². The first-order chi connectivity index (χ1) is 5.25. The van der Waals surface area contributed by atoms with Gasteiger partial charge in [0, 0.05) is 19.2 Å². The van der Waals surface area contributed by atoms with E-state index in [2.05, 4.69) is 16.5 Å². The van der Waals surface area contributed by atoms with Crippen LogP contribution < -0.4 is 5.32 Å². The summed E-state index contributed by atoms with van der Waals surface area (Å²) in [6, 6.07) is 2.79. The van der Waals surface area contributed by atoms with Gasteiger partial charge in [-0.05, 0) is 19.8 Å². The van der Waals surface area contributed by atoms with Gasteiger partial charge in [-0.1, -0.05) is 0 Å². The molecule has 1 aliphatic carbocycles. The number of aromatic nitrogens is 2. The third-order valence-electron chi connectivity index (χ3n) is 1.93. The molecule has 0 spiro atoms. The first-order valence-electron chi connectivity index (χ1n) is 4.03. The van der Waals surface area contributed by atoms with Crippen molar-refractivity contribution in [3.05, 3.63) is 11.8 Å². The van der Waals surface area contributed by atoms with E-state index < -0.39 is 0 Å². The van der Waals surface area contributed by atoms with Crippen LogP contribution in [0.3, 0.4) is 0 Å². The molecule has 1 aromatic rings. The van der Waals surface area contributed by atoms with Crippen molar-refractivity contribution in [1.29, 1.82) is 0 Å². The highest BCUT2D eigenvalue weighted by Gasteiger charge is 2.21. The van der Waals surface area contributed by atoms with E-state index in [-0.39, 0.29) is 0 Å². The van der Waals surface area contributed by atoms with Gasteiger partial charge in [-0.3, -0.25) is 4.68 Å². The predicted molar refractivity (Wildman–Crippen MR) is 44.6 cm³/mol. The van der Waals surface area contributed by atoms with Crippen LogP contribution in [0.1, 0.15) is 18.5 Å². The number of nitrogens with one attached hydrogen (secondary N) is 1. The summed E-state index contributed by atoms with van der Waals surface area (Å²) in [5, 5.41) is 7.65. The molecule has 1 heterocycles. The first-order valence-corrected chi connectivity index (χ1v) is 4.03. The molecule has 1 aliphatic rings. The summed E-state index contributed by atoms with van der Waals surface area (Å²) in [5.74, 6) is 1.14. The van der Waals surface area contributed by atoms with E-state index in [1.807, 2.05) is 18.7 Å². The lowest BCUT2D eigenvalue weighted by Crippen LogP contribution is -2.05. The van der Waals surface area contributed by atoms with Crippen LogP contribution in [-0.4, -0.2) is 15.8 Å². The normalized spacial score (nSPS) is 16.9. The van der Waals surface area contributed by atoms with E-state index in [9.17, 15) is 0 Å². The molecule has 1 aromatic heterocycles.